The van der Waals surface area contributed by atoms with Gasteiger partial charge in [0, 0.05) is 29.8 Å². The molecule has 0 saturated carbocycles. The molecule has 0 aliphatic rings. The third-order valence-corrected chi connectivity index (χ3v) is 5.01. The van der Waals surface area contributed by atoms with Crippen LogP contribution in [0.1, 0.15) is 24.1 Å². The van der Waals surface area contributed by atoms with E-state index in [1.165, 1.54) is 4.88 Å². The summed E-state index contributed by atoms with van der Waals surface area (Å²) in [6.45, 7) is 1.28. The quantitative estimate of drug-likeness (QED) is 0.506. The van der Waals surface area contributed by atoms with Crippen molar-refractivity contribution in [1.82, 2.24) is 15.5 Å². The molecule has 0 aliphatic carbocycles. The third-order valence-electron chi connectivity index (χ3n) is 4.07. The second kappa shape index (κ2) is 9.15. The second-order valence-corrected chi connectivity index (χ2v) is 7.04. The van der Waals surface area contributed by atoms with Crippen LogP contribution in [-0.2, 0) is 11.2 Å². The number of aromatic nitrogens is 2. The average Bonchev–Trinajstić information content (AvgIpc) is 3.17. The van der Waals surface area contributed by atoms with E-state index in [1.54, 1.807) is 17.4 Å². The number of carbonyl (C=O) groups is 1. The smallest absolute Gasteiger partial charge is 0.272 e. The highest BCUT2D eigenvalue weighted by atomic mass is 32.1. The van der Waals surface area contributed by atoms with Gasteiger partial charge in [0.1, 0.15) is 0 Å². The first-order valence-electron chi connectivity index (χ1n) is 8.74. The van der Waals surface area contributed by atoms with E-state index in [9.17, 15) is 9.59 Å². The number of fused-ring (bicyclic) bond motifs is 1. The largest absolute Gasteiger partial charge is 0.368 e. The Labute approximate surface area is 155 Å². The summed E-state index contributed by atoms with van der Waals surface area (Å²) in [6.07, 6.45) is 3.17. The first kappa shape index (κ1) is 18.1. The molecule has 7 heteroatoms. The Bertz CT molecular complexity index is 905. The van der Waals surface area contributed by atoms with E-state index in [2.05, 4.69) is 32.3 Å². The van der Waals surface area contributed by atoms with Gasteiger partial charge in [0.2, 0.25) is 5.91 Å². The Morgan fingerprint density at radius 2 is 1.92 bits per heavy atom. The first-order chi connectivity index (χ1) is 12.7. The Hall–Kier alpha value is -2.67. The number of nitrogens with zero attached hydrogens (tertiary/aromatic N) is 1. The number of nitrogens with one attached hydrogen (secondary N) is 3. The number of benzene rings is 1. The van der Waals surface area contributed by atoms with Crippen LogP contribution in [0.5, 0.6) is 0 Å². The molecule has 1 aromatic carbocycles. The van der Waals surface area contributed by atoms with Crippen molar-refractivity contribution in [2.24, 2.45) is 0 Å². The molecule has 2 heterocycles. The van der Waals surface area contributed by atoms with Crippen LogP contribution < -0.4 is 16.2 Å². The first-order valence-corrected chi connectivity index (χ1v) is 9.62. The zero-order chi connectivity index (χ0) is 18.2. The van der Waals surface area contributed by atoms with E-state index in [4.69, 9.17) is 0 Å². The summed E-state index contributed by atoms with van der Waals surface area (Å²) in [4.78, 5) is 24.9. The zero-order valence-electron chi connectivity index (χ0n) is 14.5. The maximum atomic E-state index is 11.8. The summed E-state index contributed by atoms with van der Waals surface area (Å²) >= 11 is 1.73. The molecule has 0 radical (unpaired) electrons. The SMILES string of the molecule is O=C(CCCc1cccs1)NCCCNc1n[nH]c(=O)c2ccccc12. The topological polar surface area (TPSA) is 86.9 Å². The molecule has 0 atom stereocenters. The molecule has 0 saturated heterocycles. The molecule has 3 aromatic rings. The predicted molar refractivity (Wildman–Crippen MR) is 106 cm³/mol. The number of amides is 1. The van der Waals surface area contributed by atoms with E-state index in [0.29, 0.717) is 30.7 Å². The fourth-order valence-electron chi connectivity index (χ4n) is 2.74. The standard InChI is InChI=1S/C19H22N4O2S/c24-17(10-3-6-14-7-4-13-26-14)20-11-5-12-21-18-15-8-1-2-9-16(15)19(25)23-22-18/h1-2,4,7-9,13H,3,5-6,10-12H2,(H,20,24)(H,21,22)(H,23,25). The molecule has 0 bridgehead atoms. The van der Waals surface area contributed by atoms with Crippen LogP contribution in [0.2, 0.25) is 0 Å². The Morgan fingerprint density at radius 3 is 2.73 bits per heavy atom. The zero-order valence-corrected chi connectivity index (χ0v) is 15.3. The van der Waals surface area contributed by atoms with E-state index in [1.807, 2.05) is 24.3 Å². The molecule has 3 rings (SSSR count). The number of H-pyrrole nitrogens is 1. The molecule has 0 spiro atoms. The van der Waals surface area contributed by atoms with Gasteiger partial charge in [0.15, 0.2) is 5.82 Å². The van der Waals surface area contributed by atoms with Crippen molar-refractivity contribution in [3.63, 3.8) is 0 Å². The number of hydrogen-bond donors (Lipinski definition) is 3. The van der Waals surface area contributed by atoms with Crippen molar-refractivity contribution in [2.75, 3.05) is 18.4 Å². The Balaban J connectivity index is 1.36. The van der Waals surface area contributed by atoms with Crippen LogP contribution in [0.25, 0.3) is 10.8 Å². The number of aromatic amines is 1. The Kier molecular flexibility index (Phi) is 6.38. The second-order valence-electron chi connectivity index (χ2n) is 6.01. The predicted octanol–water partition coefficient (Wildman–Crippen LogP) is 2.93. The van der Waals surface area contributed by atoms with E-state index in [0.717, 1.165) is 24.6 Å². The molecule has 0 aliphatic heterocycles. The van der Waals surface area contributed by atoms with Crippen LogP contribution in [-0.4, -0.2) is 29.2 Å². The van der Waals surface area contributed by atoms with Gasteiger partial charge < -0.3 is 10.6 Å². The van der Waals surface area contributed by atoms with Crippen molar-refractivity contribution < 1.29 is 4.79 Å². The number of thiophene rings is 1. The highest BCUT2D eigenvalue weighted by Gasteiger charge is 2.05. The van der Waals surface area contributed by atoms with Crippen molar-refractivity contribution in [3.05, 3.63) is 57.0 Å². The summed E-state index contributed by atoms with van der Waals surface area (Å²) in [5, 5.41) is 16.2. The van der Waals surface area contributed by atoms with E-state index < -0.39 is 0 Å². The molecule has 0 unspecified atom stereocenters. The van der Waals surface area contributed by atoms with Crippen LogP contribution in [0.4, 0.5) is 5.82 Å². The van der Waals surface area contributed by atoms with Crippen molar-refractivity contribution in [2.45, 2.75) is 25.7 Å². The number of carbonyl (C=O) groups excluding carboxylic acids is 1. The lowest BCUT2D eigenvalue weighted by Gasteiger charge is -2.09. The van der Waals surface area contributed by atoms with Crippen LogP contribution >= 0.6 is 11.3 Å². The molecule has 3 N–H and O–H groups in total. The van der Waals surface area contributed by atoms with Crippen molar-refractivity contribution in [3.8, 4) is 0 Å². The minimum absolute atomic E-state index is 0.0918. The fourth-order valence-corrected chi connectivity index (χ4v) is 3.49. The van der Waals surface area contributed by atoms with Gasteiger partial charge in [-0.1, -0.05) is 24.3 Å². The lowest BCUT2D eigenvalue weighted by atomic mass is 10.2. The van der Waals surface area contributed by atoms with Gasteiger partial charge in [-0.2, -0.15) is 5.10 Å². The van der Waals surface area contributed by atoms with Gasteiger partial charge in [-0.25, -0.2) is 5.10 Å². The maximum Gasteiger partial charge on any atom is 0.272 e. The van der Waals surface area contributed by atoms with Crippen LogP contribution in [0.15, 0.2) is 46.6 Å². The number of anilines is 1. The minimum atomic E-state index is -0.194. The summed E-state index contributed by atoms with van der Waals surface area (Å²) in [5.41, 5.74) is -0.194. The highest BCUT2D eigenvalue weighted by molar-refractivity contribution is 7.09. The third kappa shape index (κ3) is 4.92. The van der Waals surface area contributed by atoms with E-state index >= 15 is 0 Å². The molecule has 0 fully saturated rings. The number of rotatable bonds is 9. The fraction of sp³-hybridized carbons (Fsp3) is 0.316. The van der Waals surface area contributed by atoms with Crippen LogP contribution in [0.3, 0.4) is 0 Å². The van der Waals surface area contributed by atoms with Gasteiger partial charge in [0.05, 0.1) is 5.39 Å². The van der Waals surface area contributed by atoms with Crippen LogP contribution in [0, 0.1) is 0 Å². The molecule has 2 aromatic heterocycles. The maximum absolute atomic E-state index is 11.8. The monoisotopic (exact) mass is 370 g/mol. The Morgan fingerprint density at radius 1 is 1.08 bits per heavy atom. The minimum Gasteiger partial charge on any atom is -0.368 e. The van der Waals surface area contributed by atoms with Gasteiger partial charge in [0.25, 0.3) is 5.56 Å². The van der Waals surface area contributed by atoms with Gasteiger partial charge in [-0.15, -0.1) is 11.3 Å². The molecular formula is C19H22N4O2S. The summed E-state index contributed by atoms with van der Waals surface area (Å²) in [7, 11) is 0. The van der Waals surface area contributed by atoms with Gasteiger partial charge >= 0.3 is 0 Å². The lowest BCUT2D eigenvalue weighted by molar-refractivity contribution is -0.121. The summed E-state index contributed by atoms with van der Waals surface area (Å²) in [6, 6.07) is 11.5. The molecular weight excluding hydrogens is 348 g/mol. The molecule has 26 heavy (non-hydrogen) atoms. The van der Waals surface area contributed by atoms with E-state index in [-0.39, 0.29) is 11.5 Å². The summed E-state index contributed by atoms with van der Waals surface area (Å²) < 4.78 is 0. The molecule has 1 amide bonds. The lowest BCUT2D eigenvalue weighted by Crippen LogP contribution is -2.25. The van der Waals surface area contributed by atoms with Crippen molar-refractivity contribution >= 4 is 33.8 Å². The molecule has 136 valence electrons. The average molecular weight is 370 g/mol. The van der Waals surface area contributed by atoms with Gasteiger partial charge in [-0.05, 0) is 36.8 Å². The number of hydrogen-bond acceptors (Lipinski definition) is 5. The summed E-state index contributed by atoms with van der Waals surface area (Å²) in [5.74, 6) is 0.747. The van der Waals surface area contributed by atoms with Crippen molar-refractivity contribution in [1.29, 1.82) is 0 Å². The normalized spacial score (nSPS) is 10.8. The molecule has 6 nitrogen and oxygen atoms in total. The van der Waals surface area contributed by atoms with Gasteiger partial charge in [-0.3, -0.25) is 9.59 Å². The highest BCUT2D eigenvalue weighted by Crippen LogP contribution is 2.16. The number of aryl methyl sites for hydroxylation is 1.